The van der Waals surface area contributed by atoms with E-state index >= 15 is 0 Å². The summed E-state index contributed by atoms with van der Waals surface area (Å²) >= 11 is 5.51. The first-order chi connectivity index (χ1) is 9.13. The fourth-order valence-electron chi connectivity index (χ4n) is 1.96. The second-order valence-electron chi connectivity index (χ2n) is 4.21. The number of aromatic nitrogens is 2. The Morgan fingerprint density at radius 2 is 2.26 bits per heavy atom. The van der Waals surface area contributed by atoms with Crippen molar-refractivity contribution in [3.8, 4) is 0 Å². The number of imidazole rings is 1. The summed E-state index contributed by atoms with van der Waals surface area (Å²) in [4.78, 5) is 16.6. The zero-order valence-electron chi connectivity index (χ0n) is 10.2. The van der Waals surface area contributed by atoms with E-state index in [-0.39, 0.29) is 18.2 Å². The summed E-state index contributed by atoms with van der Waals surface area (Å²) in [6.45, 7) is 2.23. The molecule has 1 aromatic rings. The average Bonchev–Trinajstić information content (AvgIpc) is 2.83. The number of rotatable bonds is 5. The standard InChI is InChI=1S/C10H15ClN4O4/c11-5-8(16)6-14-7-12-9(10(14)15(17)18)13-1-3-19-4-2-13/h7-8,16H,1-6H2/t8-/m0/s1. The largest absolute Gasteiger partial charge is 0.388 e. The average molecular weight is 291 g/mol. The summed E-state index contributed by atoms with van der Waals surface area (Å²) < 4.78 is 6.52. The molecule has 1 aliphatic heterocycles. The maximum atomic E-state index is 11.2. The molecule has 8 nitrogen and oxygen atoms in total. The van der Waals surface area contributed by atoms with Crippen LogP contribution in [0.3, 0.4) is 0 Å². The number of ether oxygens (including phenoxy) is 1. The molecule has 1 aromatic heterocycles. The fraction of sp³-hybridized carbons (Fsp3) is 0.700. The van der Waals surface area contributed by atoms with Crippen molar-refractivity contribution in [2.45, 2.75) is 12.6 Å². The topological polar surface area (TPSA) is 93.7 Å². The lowest BCUT2D eigenvalue weighted by atomic mass is 10.4. The molecule has 2 rings (SSSR count). The highest BCUT2D eigenvalue weighted by molar-refractivity contribution is 6.18. The van der Waals surface area contributed by atoms with E-state index in [9.17, 15) is 15.2 Å². The van der Waals surface area contributed by atoms with E-state index in [4.69, 9.17) is 16.3 Å². The number of anilines is 1. The summed E-state index contributed by atoms with van der Waals surface area (Å²) in [7, 11) is 0. The molecule has 0 aromatic carbocycles. The number of halogens is 1. The van der Waals surface area contributed by atoms with E-state index in [2.05, 4.69) is 4.98 Å². The Morgan fingerprint density at radius 1 is 1.58 bits per heavy atom. The van der Waals surface area contributed by atoms with Gasteiger partial charge in [0.2, 0.25) is 5.82 Å². The number of nitrogens with zero attached hydrogens (tertiary/aromatic N) is 4. The van der Waals surface area contributed by atoms with Gasteiger partial charge in [0.15, 0.2) is 6.33 Å². The van der Waals surface area contributed by atoms with Gasteiger partial charge in [-0.2, -0.15) is 4.98 Å². The van der Waals surface area contributed by atoms with Crippen LogP contribution in [0.2, 0.25) is 0 Å². The fourth-order valence-corrected chi connectivity index (χ4v) is 2.06. The molecule has 19 heavy (non-hydrogen) atoms. The van der Waals surface area contributed by atoms with Crippen molar-refractivity contribution >= 4 is 23.2 Å². The van der Waals surface area contributed by atoms with Crippen molar-refractivity contribution in [1.82, 2.24) is 9.55 Å². The highest BCUT2D eigenvalue weighted by atomic mass is 35.5. The van der Waals surface area contributed by atoms with Crippen molar-refractivity contribution in [3.63, 3.8) is 0 Å². The second-order valence-corrected chi connectivity index (χ2v) is 4.52. The predicted molar refractivity (Wildman–Crippen MR) is 68.6 cm³/mol. The Hall–Kier alpha value is -1.38. The van der Waals surface area contributed by atoms with Gasteiger partial charge < -0.3 is 24.9 Å². The van der Waals surface area contributed by atoms with Gasteiger partial charge in [-0.3, -0.25) is 0 Å². The number of hydrogen-bond acceptors (Lipinski definition) is 6. The van der Waals surface area contributed by atoms with Gasteiger partial charge in [0.25, 0.3) is 0 Å². The van der Waals surface area contributed by atoms with E-state index in [0.29, 0.717) is 32.1 Å². The lowest BCUT2D eigenvalue weighted by molar-refractivity contribution is -0.391. The molecule has 0 saturated carbocycles. The summed E-state index contributed by atoms with van der Waals surface area (Å²) in [5, 5.41) is 20.7. The van der Waals surface area contributed by atoms with E-state index in [1.54, 1.807) is 0 Å². The Kier molecular flexibility index (Phi) is 4.56. The molecule has 1 aliphatic rings. The van der Waals surface area contributed by atoms with Gasteiger partial charge >= 0.3 is 5.82 Å². The normalized spacial score (nSPS) is 17.5. The predicted octanol–water partition coefficient (Wildman–Crippen LogP) is 0.228. The first kappa shape index (κ1) is 14.0. The van der Waals surface area contributed by atoms with Gasteiger partial charge in [0.05, 0.1) is 19.1 Å². The Bertz CT molecular complexity index is 447. The lowest BCUT2D eigenvalue weighted by Crippen LogP contribution is -2.36. The molecule has 9 heteroatoms. The first-order valence-corrected chi connectivity index (χ1v) is 6.43. The molecule has 1 fully saturated rings. The minimum Gasteiger partial charge on any atom is -0.388 e. The van der Waals surface area contributed by atoms with Crippen LogP contribution in [0.1, 0.15) is 0 Å². The summed E-state index contributed by atoms with van der Waals surface area (Å²) in [5.74, 6) is 0.212. The van der Waals surface area contributed by atoms with Gasteiger partial charge in [-0.05, 0) is 4.92 Å². The number of nitro groups is 1. The van der Waals surface area contributed by atoms with Crippen LogP contribution in [0.4, 0.5) is 11.6 Å². The smallest absolute Gasteiger partial charge is 0.367 e. The highest BCUT2D eigenvalue weighted by Gasteiger charge is 2.28. The lowest BCUT2D eigenvalue weighted by Gasteiger charge is -2.26. The molecule has 0 bridgehead atoms. The van der Waals surface area contributed by atoms with Crippen molar-refractivity contribution in [3.05, 3.63) is 16.4 Å². The molecule has 0 aliphatic carbocycles. The van der Waals surface area contributed by atoms with E-state index in [0.717, 1.165) is 0 Å². The van der Waals surface area contributed by atoms with E-state index < -0.39 is 11.0 Å². The van der Waals surface area contributed by atoms with Crippen LogP contribution in [0.5, 0.6) is 0 Å². The molecule has 0 spiro atoms. The van der Waals surface area contributed by atoms with Gasteiger partial charge in [0, 0.05) is 13.1 Å². The Balaban J connectivity index is 2.25. The van der Waals surface area contributed by atoms with Gasteiger partial charge in [-0.1, -0.05) is 0 Å². The maximum Gasteiger partial charge on any atom is 0.367 e. The third kappa shape index (κ3) is 3.14. The third-order valence-corrected chi connectivity index (χ3v) is 3.22. The molecule has 1 saturated heterocycles. The Labute approximate surface area is 114 Å². The van der Waals surface area contributed by atoms with Crippen LogP contribution >= 0.6 is 11.6 Å². The molecule has 1 N–H and O–H groups in total. The number of morpholine rings is 1. The zero-order valence-corrected chi connectivity index (χ0v) is 11.0. The molecular formula is C10H15ClN4O4. The quantitative estimate of drug-likeness (QED) is 0.474. The van der Waals surface area contributed by atoms with E-state index in [1.165, 1.54) is 10.9 Å². The van der Waals surface area contributed by atoms with Crippen LogP contribution in [-0.4, -0.2) is 57.9 Å². The minimum absolute atomic E-state index is 0.0161. The summed E-state index contributed by atoms with van der Waals surface area (Å²) in [6, 6.07) is 0. The van der Waals surface area contributed by atoms with Crippen LogP contribution in [-0.2, 0) is 11.3 Å². The first-order valence-electron chi connectivity index (χ1n) is 5.89. The highest BCUT2D eigenvalue weighted by Crippen LogP contribution is 2.27. The van der Waals surface area contributed by atoms with Gasteiger partial charge in [0.1, 0.15) is 12.6 Å². The van der Waals surface area contributed by atoms with Crippen LogP contribution < -0.4 is 4.90 Å². The Morgan fingerprint density at radius 3 is 2.84 bits per heavy atom. The molecule has 2 heterocycles. The SMILES string of the molecule is O=[N+]([O-])c1c(N2CCOCC2)ncn1C[C@@H](O)CCl. The van der Waals surface area contributed by atoms with Crippen molar-refractivity contribution < 1.29 is 14.8 Å². The molecule has 0 radical (unpaired) electrons. The number of aliphatic hydroxyl groups excluding tert-OH is 1. The molecule has 1 atom stereocenters. The molecular weight excluding hydrogens is 276 g/mol. The number of alkyl halides is 1. The van der Waals surface area contributed by atoms with Gasteiger partial charge in [-0.15, -0.1) is 11.6 Å². The molecule has 0 unspecified atom stereocenters. The summed E-state index contributed by atoms with van der Waals surface area (Å²) in [6.07, 6.45) is 0.519. The minimum atomic E-state index is -0.841. The van der Waals surface area contributed by atoms with Crippen molar-refractivity contribution in [2.24, 2.45) is 0 Å². The van der Waals surface area contributed by atoms with Crippen LogP contribution in [0, 0.1) is 10.1 Å². The number of hydrogen-bond donors (Lipinski definition) is 1. The molecule has 106 valence electrons. The summed E-state index contributed by atoms with van der Waals surface area (Å²) in [5.41, 5.74) is 0. The number of aliphatic hydroxyl groups is 1. The third-order valence-electron chi connectivity index (χ3n) is 2.86. The maximum absolute atomic E-state index is 11.2. The van der Waals surface area contributed by atoms with Crippen molar-refractivity contribution in [2.75, 3.05) is 37.1 Å². The second kappa shape index (κ2) is 6.18. The van der Waals surface area contributed by atoms with Crippen molar-refractivity contribution in [1.29, 1.82) is 0 Å². The monoisotopic (exact) mass is 290 g/mol. The van der Waals surface area contributed by atoms with Crippen LogP contribution in [0.15, 0.2) is 6.33 Å². The van der Waals surface area contributed by atoms with Gasteiger partial charge in [-0.25, -0.2) is 4.57 Å². The van der Waals surface area contributed by atoms with E-state index in [1.807, 2.05) is 4.90 Å². The van der Waals surface area contributed by atoms with Crippen LogP contribution in [0.25, 0.3) is 0 Å². The zero-order chi connectivity index (χ0) is 13.8. The molecule has 0 amide bonds.